The van der Waals surface area contributed by atoms with Crippen molar-refractivity contribution in [2.75, 3.05) is 6.61 Å². The summed E-state index contributed by atoms with van der Waals surface area (Å²) in [6, 6.07) is 16.9. The van der Waals surface area contributed by atoms with E-state index >= 15 is 0 Å². The minimum atomic E-state index is -0.347. The Kier molecular flexibility index (Phi) is 5.58. The maximum absolute atomic E-state index is 10.1. The van der Waals surface area contributed by atoms with Crippen LogP contribution in [0, 0.1) is 0 Å². The lowest BCUT2D eigenvalue weighted by molar-refractivity contribution is 0.137. The molecule has 0 radical (unpaired) electrons. The zero-order valence-corrected chi connectivity index (χ0v) is 16.7. The van der Waals surface area contributed by atoms with Gasteiger partial charge < -0.3 is 10.2 Å². The maximum Gasteiger partial charge on any atom is 0.0565 e. The van der Waals surface area contributed by atoms with Crippen molar-refractivity contribution in [3.63, 3.8) is 0 Å². The Labute approximate surface area is 166 Å². The van der Waals surface area contributed by atoms with Crippen molar-refractivity contribution in [2.45, 2.75) is 35.9 Å². The Bertz CT molecular complexity index is 875. The van der Waals surface area contributed by atoms with E-state index in [1.807, 2.05) is 17.4 Å². The molecule has 0 spiro atoms. The number of hydrogen-bond acceptors (Lipinski definition) is 4. The summed E-state index contributed by atoms with van der Waals surface area (Å²) in [5, 5.41) is 22.0. The van der Waals surface area contributed by atoms with Gasteiger partial charge in [-0.25, -0.2) is 0 Å². The first-order valence-corrected chi connectivity index (χ1v) is 11.0. The first-order valence-electron chi connectivity index (χ1n) is 8.82. The fourth-order valence-electron chi connectivity index (χ4n) is 3.56. The highest BCUT2D eigenvalue weighted by Gasteiger charge is 2.29. The van der Waals surface area contributed by atoms with Crippen molar-refractivity contribution in [2.24, 2.45) is 0 Å². The normalized spacial score (nSPS) is 23.4. The molecule has 0 saturated carbocycles. The molecule has 0 bridgehead atoms. The van der Waals surface area contributed by atoms with Gasteiger partial charge in [0.2, 0.25) is 0 Å². The summed E-state index contributed by atoms with van der Waals surface area (Å²) < 4.78 is 1.30. The monoisotopic (exact) mass is 404 g/mol. The van der Waals surface area contributed by atoms with Gasteiger partial charge in [-0.05, 0) is 47.6 Å². The molecule has 5 heteroatoms. The summed E-state index contributed by atoms with van der Waals surface area (Å²) in [5.41, 5.74) is 2.31. The van der Waals surface area contributed by atoms with E-state index in [1.54, 1.807) is 11.8 Å². The van der Waals surface area contributed by atoms with E-state index in [4.69, 9.17) is 11.6 Å². The molecule has 2 nitrogen and oxygen atoms in total. The molecule has 1 saturated heterocycles. The van der Waals surface area contributed by atoms with E-state index in [1.165, 1.54) is 20.5 Å². The van der Waals surface area contributed by atoms with Crippen LogP contribution in [0.3, 0.4) is 0 Å². The van der Waals surface area contributed by atoms with Crippen LogP contribution in [0.5, 0.6) is 0 Å². The van der Waals surface area contributed by atoms with Crippen LogP contribution in [0.2, 0.25) is 5.02 Å². The molecule has 3 aromatic rings. The van der Waals surface area contributed by atoms with Crippen molar-refractivity contribution in [3.05, 3.63) is 69.6 Å². The second kappa shape index (κ2) is 7.91. The van der Waals surface area contributed by atoms with Crippen LogP contribution < -0.4 is 0 Å². The van der Waals surface area contributed by atoms with Crippen LogP contribution in [0.25, 0.3) is 10.1 Å². The molecule has 3 atom stereocenters. The van der Waals surface area contributed by atoms with Gasteiger partial charge in [0.1, 0.15) is 0 Å². The van der Waals surface area contributed by atoms with Gasteiger partial charge in [0, 0.05) is 31.5 Å². The highest BCUT2D eigenvalue weighted by molar-refractivity contribution is 8.00. The quantitative estimate of drug-likeness (QED) is 0.608. The largest absolute Gasteiger partial charge is 0.395 e. The van der Waals surface area contributed by atoms with E-state index in [0.29, 0.717) is 6.42 Å². The Hall–Kier alpha value is -1.04. The third-order valence-electron chi connectivity index (χ3n) is 4.86. The molecule has 0 amide bonds. The second-order valence-corrected chi connectivity index (χ2v) is 9.92. The number of thioether (sulfide) groups is 1. The van der Waals surface area contributed by atoms with E-state index in [-0.39, 0.29) is 23.2 Å². The Morgan fingerprint density at radius 2 is 1.92 bits per heavy atom. The topological polar surface area (TPSA) is 40.5 Å². The first kappa shape index (κ1) is 18.3. The Morgan fingerprint density at radius 3 is 2.73 bits per heavy atom. The lowest BCUT2D eigenvalue weighted by Gasteiger charge is -2.31. The van der Waals surface area contributed by atoms with Crippen LogP contribution in [0.1, 0.15) is 34.1 Å². The number of aliphatic hydroxyl groups is 2. The number of hydrogen-bond donors (Lipinski definition) is 2. The van der Waals surface area contributed by atoms with Gasteiger partial charge in [-0.1, -0.05) is 41.9 Å². The molecule has 1 aliphatic rings. The molecule has 1 aromatic heterocycles. The lowest BCUT2D eigenvalue weighted by Crippen LogP contribution is -2.26. The molecule has 2 N–H and O–H groups in total. The Morgan fingerprint density at radius 1 is 1.08 bits per heavy atom. The van der Waals surface area contributed by atoms with Gasteiger partial charge in [-0.3, -0.25) is 0 Å². The minimum Gasteiger partial charge on any atom is -0.395 e. The number of thiophene rings is 1. The van der Waals surface area contributed by atoms with Crippen molar-refractivity contribution in [1.29, 1.82) is 0 Å². The molecule has 1 fully saturated rings. The zero-order valence-electron chi connectivity index (χ0n) is 14.3. The summed E-state index contributed by atoms with van der Waals surface area (Å²) in [4.78, 5) is 1.30. The van der Waals surface area contributed by atoms with Gasteiger partial charge in [0.15, 0.2) is 0 Å². The summed E-state index contributed by atoms with van der Waals surface area (Å²) in [6.45, 7) is 0.112. The van der Waals surface area contributed by atoms with Crippen LogP contribution in [0.4, 0.5) is 0 Å². The third kappa shape index (κ3) is 3.95. The van der Waals surface area contributed by atoms with E-state index in [0.717, 1.165) is 23.4 Å². The second-order valence-electron chi connectivity index (χ2n) is 6.83. The molecule has 3 unspecified atom stereocenters. The SMILES string of the molecule is OCC1CC(O)CC(c2ccc(Cl)c(Cc3cc4ccccc4s3)c2)S1. The predicted molar refractivity (Wildman–Crippen MR) is 113 cm³/mol. The number of benzene rings is 2. The number of fused-ring (bicyclic) bond motifs is 1. The Balaban J connectivity index is 1.59. The summed E-state index contributed by atoms with van der Waals surface area (Å²) in [6.07, 6.45) is 1.86. The zero-order chi connectivity index (χ0) is 18.1. The summed E-state index contributed by atoms with van der Waals surface area (Å²) in [5.74, 6) is 0. The minimum absolute atomic E-state index is 0.102. The van der Waals surface area contributed by atoms with Crippen LogP contribution in [0.15, 0.2) is 48.5 Å². The van der Waals surface area contributed by atoms with Gasteiger partial charge in [0.05, 0.1) is 12.7 Å². The first-order chi connectivity index (χ1) is 12.6. The van der Waals surface area contributed by atoms with Crippen molar-refractivity contribution in [3.8, 4) is 0 Å². The standard InChI is InChI=1S/C21H21ClO2S2/c22-19-6-5-14(21-11-16(24)10-18(12-23)26-21)7-15(19)9-17-8-13-3-1-2-4-20(13)25-17/h1-8,16,18,21,23-24H,9-12H2. The summed E-state index contributed by atoms with van der Waals surface area (Å²) in [7, 11) is 0. The highest BCUT2D eigenvalue weighted by atomic mass is 35.5. The van der Waals surface area contributed by atoms with Gasteiger partial charge in [-0.2, -0.15) is 0 Å². The average Bonchev–Trinajstić information content (AvgIpc) is 3.05. The van der Waals surface area contributed by atoms with Gasteiger partial charge in [0.25, 0.3) is 0 Å². The molecule has 136 valence electrons. The number of halogens is 1. The van der Waals surface area contributed by atoms with Crippen molar-refractivity contribution >= 4 is 44.8 Å². The maximum atomic E-state index is 10.1. The van der Waals surface area contributed by atoms with E-state index in [2.05, 4.69) is 42.5 Å². The molecule has 2 heterocycles. The molecular weight excluding hydrogens is 384 g/mol. The molecule has 1 aliphatic heterocycles. The number of rotatable bonds is 4. The van der Waals surface area contributed by atoms with E-state index in [9.17, 15) is 10.2 Å². The van der Waals surface area contributed by atoms with E-state index < -0.39 is 0 Å². The summed E-state index contributed by atoms with van der Waals surface area (Å²) >= 11 is 10.0. The lowest BCUT2D eigenvalue weighted by atomic mass is 9.99. The van der Waals surface area contributed by atoms with Gasteiger partial charge >= 0.3 is 0 Å². The predicted octanol–water partition coefficient (Wildman–Crippen LogP) is 5.44. The average molecular weight is 405 g/mol. The molecule has 4 rings (SSSR count). The van der Waals surface area contributed by atoms with Crippen LogP contribution in [-0.2, 0) is 6.42 Å². The molecule has 26 heavy (non-hydrogen) atoms. The van der Waals surface area contributed by atoms with Crippen molar-refractivity contribution in [1.82, 2.24) is 0 Å². The third-order valence-corrected chi connectivity index (χ3v) is 7.87. The fourth-order valence-corrected chi connectivity index (χ4v) is 6.36. The van der Waals surface area contributed by atoms with Crippen LogP contribution in [-0.4, -0.2) is 28.2 Å². The number of aliphatic hydroxyl groups excluding tert-OH is 2. The fraction of sp³-hybridized carbons (Fsp3) is 0.333. The van der Waals surface area contributed by atoms with Crippen molar-refractivity contribution < 1.29 is 10.2 Å². The molecule has 0 aliphatic carbocycles. The van der Waals surface area contributed by atoms with Crippen LogP contribution >= 0.6 is 34.7 Å². The highest BCUT2D eigenvalue weighted by Crippen LogP contribution is 2.43. The smallest absolute Gasteiger partial charge is 0.0565 e. The molecule has 2 aromatic carbocycles. The molecular formula is C21H21ClO2S2. The van der Waals surface area contributed by atoms with Gasteiger partial charge in [-0.15, -0.1) is 23.1 Å².